The lowest BCUT2D eigenvalue weighted by Gasteiger charge is -2.19. The molecule has 0 aromatic heterocycles. The number of benzene rings is 3. The van der Waals surface area contributed by atoms with E-state index >= 15 is 0 Å². The van der Waals surface area contributed by atoms with E-state index < -0.39 is 0 Å². The number of rotatable bonds is 14. The van der Waals surface area contributed by atoms with E-state index in [-0.39, 0.29) is 0 Å². The van der Waals surface area contributed by atoms with Crippen molar-refractivity contribution in [2.24, 2.45) is 0 Å². The van der Waals surface area contributed by atoms with Crippen LogP contribution in [-0.2, 0) is 12.8 Å². The van der Waals surface area contributed by atoms with E-state index in [0.717, 1.165) is 48.0 Å². The van der Waals surface area contributed by atoms with Crippen molar-refractivity contribution in [3.05, 3.63) is 72.2 Å². The zero-order valence-corrected chi connectivity index (χ0v) is 21.7. The fourth-order valence-electron chi connectivity index (χ4n) is 4.61. The van der Waals surface area contributed by atoms with Crippen molar-refractivity contribution in [2.45, 2.75) is 91.9 Å². The zero-order chi connectivity index (χ0) is 24.2. The summed E-state index contributed by atoms with van der Waals surface area (Å²) in [6.45, 7) is 8.89. The van der Waals surface area contributed by atoms with Gasteiger partial charge in [-0.2, -0.15) is 0 Å². The Labute approximate surface area is 206 Å². The Morgan fingerprint density at radius 3 is 1.41 bits per heavy atom. The maximum atomic E-state index is 6.43. The van der Waals surface area contributed by atoms with E-state index in [4.69, 9.17) is 9.47 Å². The first kappa shape index (κ1) is 25.9. The second-order valence-corrected chi connectivity index (χ2v) is 9.02. The average molecular weight is 459 g/mol. The number of hydrogen-bond acceptors (Lipinski definition) is 2. The lowest BCUT2D eigenvalue weighted by molar-refractivity contribution is 0.480. The molecule has 0 aliphatic heterocycles. The minimum atomic E-state index is 0.944. The Balaban J connectivity index is 2.13. The highest BCUT2D eigenvalue weighted by Gasteiger charge is 2.19. The van der Waals surface area contributed by atoms with Gasteiger partial charge in [0, 0.05) is 21.5 Å². The van der Waals surface area contributed by atoms with Gasteiger partial charge in [-0.3, -0.25) is 0 Å². The van der Waals surface area contributed by atoms with Gasteiger partial charge in [0.15, 0.2) is 0 Å². The number of unbranched alkanes of at least 4 members (excludes halogenated alkanes) is 6. The summed E-state index contributed by atoms with van der Waals surface area (Å²) in [4.78, 5) is 0. The van der Waals surface area contributed by atoms with E-state index in [1.807, 2.05) is 12.5 Å². The van der Waals surface area contributed by atoms with Crippen molar-refractivity contribution in [1.29, 1.82) is 0 Å². The SMILES string of the molecule is CCCCC/C=C\Oc1c2cccc(CC)c2c(O/C=C\CCCCC)c2cccc(CC)c12. The predicted octanol–water partition coefficient (Wildman–Crippen LogP) is 10.1. The highest BCUT2D eigenvalue weighted by Crippen LogP contribution is 2.46. The molecule has 0 amide bonds. The van der Waals surface area contributed by atoms with Crippen LogP contribution in [0.3, 0.4) is 0 Å². The van der Waals surface area contributed by atoms with E-state index in [2.05, 4.69) is 76.2 Å². The van der Waals surface area contributed by atoms with Gasteiger partial charge in [0.25, 0.3) is 0 Å². The summed E-state index contributed by atoms with van der Waals surface area (Å²) in [6, 6.07) is 13.1. The Kier molecular flexibility index (Phi) is 10.5. The normalized spacial score (nSPS) is 11.9. The molecule has 0 atom stereocenters. The van der Waals surface area contributed by atoms with Crippen molar-refractivity contribution >= 4 is 21.5 Å². The standard InChI is InChI=1S/C32H42O2/c1-5-9-11-13-15-23-33-31-27-21-17-20-26(8-4)30(27)32(34-24-16-14-12-10-6-2)28-22-18-19-25(7-3)29(28)31/h15-24H,5-14H2,1-4H3/b23-15-,24-16-. The second-order valence-electron chi connectivity index (χ2n) is 9.02. The molecule has 2 heteroatoms. The van der Waals surface area contributed by atoms with E-state index in [9.17, 15) is 0 Å². The molecule has 34 heavy (non-hydrogen) atoms. The van der Waals surface area contributed by atoms with Crippen molar-refractivity contribution < 1.29 is 9.47 Å². The highest BCUT2D eigenvalue weighted by molar-refractivity contribution is 6.13. The number of hydrogen-bond donors (Lipinski definition) is 0. The van der Waals surface area contributed by atoms with Crippen molar-refractivity contribution in [3.63, 3.8) is 0 Å². The smallest absolute Gasteiger partial charge is 0.142 e. The van der Waals surface area contributed by atoms with Gasteiger partial charge >= 0.3 is 0 Å². The van der Waals surface area contributed by atoms with Crippen LogP contribution in [0.15, 0.2) is 61.1 Å². The third-order valence-corrected chi connectivity index (χ3v) is 6.52. The van der Waals surface area contributed by atoms with Crippen LogP contribution in [0.5, 0.6) is 11.5 Å². The molecule has 0 aliphatic carbocycles. The zero-order valence-electron chi connectivity index (χ0n) is 21.7. The molecular formula is C32H42O2. The minimum absolute atomic E-state index is 0.944. The Morgan fingerprint density at radius 1 is 0.588 bits per heavy atom. The summed E-state index contributed by atoms with van der Waals surface area (Å²) < 4.78 is 12.9. The van der Waals surface area contributed by atoms with Crippen LogP contribution in [0.1, 0.15) is 90.2 Å². The van der Waals surface area contributed by atoms with E-state index in [1.165, 1.54) is 60.4 Å². The van der Waals surface area contributed by atoms with Gasteiger partial charge in [-0.1, -0.05) is 89.8 Å². The molecule has 0 N–H and O–H groups in total. The maximum absolute atomic E-state index is 6.43. The van der Waals surface area contributed by atoms with Gasteiger partial charge in [-0.15, -0.1) is 0 Å². The molecule has 0 saturated heterocycles. The second kappa shape index (κ2) is 13.8. The molecule has 0 spiro atoms. The quantitative estimate of drug-likeness (QED) is 0.136. The lowest BCUT2D eigenvalue weighted by atomic mass is 9.93. The fraction of sp³-hybridized carbons (Fsp3) is 0.438. The Bertz CT molecular complexity index is 1020. The van der Waals surface area contributed by atoms with Crippen LogP contribution < -0.4 is 9.47 Å². The molecule has 0 saturated carbocycles. The van der Waals surface area contributed by atoms with Gasteiger partial charge < -0.3 is 9.47 Å². The Hall–Kier alpha value is -2.74. The number of aryl methyl sites for hydroxylation is 2. The number of allylic oxidation sites excluding steroid dienone is 2. The monoisotopic (exact) mass is 458 g/mol. The first-order valence-corrected chi connectivity index (χ1v) is 13.4. The fourth-order valence-corrected chi connectivity index (χ4v) is 4.61. The van der Waals surface area contributed by atoms with Crippen LogP contribution in [0.25, 0.3) is 21.5 Å². The van der Waals surface area contributed by atoms with Gasteiger partial charge in [0.2, 0.25) is 0 Å². The molecule has 0 fully saturated rings. The maximum Gasteiger partial charge on any atom is 0.142 e. The molecule has 3 rings (SSSR count). The van der Waals surface area contributed by atoms with E-state index in [0.29, 0.717) is 0 Å². The third kappa shape index (κ3) is 6.23. The first-order valence-electron chi connectivity index (χ1n) is 13.4. The molecule has 3 aromatic rings. The number of ether oxygens (including phenoxy) is 2. The van der Waals surface area contributed by atoms with Crippen LogP contribution in [-0.4, -0.2) is 0 Å². The van der Waals surface area contributed by atoms with Gasteiger partial charge in [0.1, 0.15) is 11.5 Å². The van der Waals surface area contributed by atoms with Crippen LogP contribution in [0.2, 0.25) is 0 Å². The molecule has 2 nitrogen and oxygen atoms in total. The summed E-state index contributed by atoms with van der Waals surface area (Å²) in [5, 5.41) is 4.58. The molecule has 0 bridgehead atoms. The highest BCUT2D eigenvalue weighted by atomic mass is 16.5. The van der Waals surface area contributed by atoms with Gasteiger partial charge in [-0.05, 0) is 61.8 Å². The number of fused-ring (bicyclic) bond motifs is 2. The molecular weight excluding hydrogens is 416 g/mol. The van der Waals surface area contributed by atoms with Gasteiger partial charge in [-0.25, -0.2) is 0 Å². The van der Waals surface area contributed by atoms with Crippen molar-refractivity contribution in [2.75, 3.05) is 0 Å². The summed E-state index contributed by atoms with van der Waals surface area (Å²) in [5.74, 6) is 1.90. The Morgan fingerprint density at radius 2 is 1.03 bits per heavy atom. The summed E-state index contributed by atoms with van der Waals surface area (Å²) >= 11 is 0. The summed E-state index contributed by atoms with van der Waals surface area (Å²) in [5.41, 5.74) is 2.57. The predicted molar refractivity (Wildman–Crippen MR) is 148 cm³/mol. The van der Waals surface area contributed by atoms with Crippen molar-refractivity contribution in [3.8, 4) is 11.5 Å². The van der Waals surface area contributed by atoms with Crippen LogP contribution >= 0.6 is 0 Å². The third-order valence-electron chi connectivity index (χ3n) is 6.52. The van der Waals surface area contributed by atoms with Crippen molar-refractivity contribution in [1.82, 2.24) is 0 Å². The summed E-state index contributed by atoms with van der Waals surface area (Å²) in [6.07, 6.45) is 19.5. The first-order chi connectivity index (χ1) is 16.8. The molecule has 0 unspecified atom stereocenters. The minimum Gasteiger partial charge on any atom is -0.464 e. The lowest BCUT2D eigenvalue weighted by Crippen LogP contribution is -1.97. The molecule has 182 valence electrons. The van der Waals surface area contributed by atoms with Crippen LogP contribution in [0.4, 0.5) is 0 Å². The molecule has 0 heterocycles. The topological polar surface area (TPSA) is 18.5 Å². The largest absolute Gasteiger partial charge is 0.464 e. The average Bonchev–Trinajstić information content (AvgIpc) is 2.87. The summed E-state index contributed by atoms with van der Waals surface area (Å²) in [7, 11) is 0. The molecule has 0 aliphatic rings. The van der Waals surface area contributed by atoms with Crippen LogP contribution in [0, 0.1) is 0 Å². The molecule has 0 radical (unpaired) electrons. The molecule has 3 aromatic carbocycles. The van der Waals surface area contributed by atoms with E-state index in [1.54, 1.807) is 0 Å². The van der Waals surface area contributed by atoms with Gasteiger partial charge in [0.05, 0.1) is 12.5 Å².